The number of benzene rings is 1. The number of piperidine rings is 1. The molecule has 1 saturated heterocycles. The van der Waals surface area contributed by atoms with Gasteiger partial charge < -0.3 is 10.1 Å². The lowest BCUT2D eigenvalue weighted by Crippen LogP contribution is -2.34. The zero-order valence-corrected chi connectivity index (χ0v) is 10.0. The number of hydrogen-bond acceptors (Lipinski definition) is 3. The molecule has 0 spiro atoms. The van der Waals surface area contributed by atoms with Crippen LogP contribution in [-0.2, 0) is 4.79 Å². The van der Waals surface area contributed by atoms with Crippen LogP contribution in [0.1, 0.15) is 24.4 Å². The number of ketones is 1. The third-order valence-corrected chi connectivity index (χ3v) is 2.72. The van der Waals surface area contributed by atoms with E-state index in [1.54, 1.807) is 7.11 Å². The van der Waals surface area contributed by atoms with E-state index >= 15 is 0 Å². The summed E-state index contributed by atoms with van der Waals surface area (Å²) >= 11 is 0. The Morgan fingerprint density at radius 1 is 1.31 bits per heavy atom. The Bertz CT molecular complexity index is 351. The average molecular weight is 242 g/mol. The standard InChI is InChI=1S/C12H15NO2.ClH/c1-15-10-6-4-9(5-7-10)12-11(14)3-2-8-13-12;/h4-7,12-13H,2-3,8H2,1H3;1H. The van der Waals surface area contributed by atoms with Crippen molar-refractivity contribution in [2.24, 2.45) is 0 Å². The van der Waals surface area contributed by atoms with Gasteiger partial charge in [0.25, 0.3) is 0 Å². The Morgan fingerprint density at radius 2 is 2.00 bits per heavy atom. The summed E-state index contributed by atoms with van der Waals surface area (Å²) in [6.07, 6.45) is 1.63. The van der Waals surface area contributed by atoms with E-state index in [9.17, 15) is 4.79 Å². The van der Waals surface area contributed by atoms with Gasteiger partial charge in [-0.25, -0.2) is 0 Å². The third kappa shape index (κ3) is 2.74. The smallest absolute Gasteiger partial charge is 0.154 e. The van der Waals surface area contributed by atoms with E-state index in [0.29, 0.717) is 6.42 Å². The highest BCUT2D eigenvalue weighted by Gasteiger charge is 2.22. The lowest BCUT2D eigenvalue weighted by molar-refractivity contribution is -0.122. The molecule has 0 aliphatic carbocycles. The molecule has 1 unspecified atom stereocenters. The molecule has 0 radical (unpaired) electrons. The summed E-state index contributed by atoms with van der Waals surface area (Å²) in [5.41, 5.74) is 1.03. The normalized spacial score (nSPS) is 20.1. The van der Waals surface area contributed by atoms with E-state index in [0.717, 1.165) is 24.3 Å². The second-order valence-corrected chi connectivity index (χ2v) is 3.73. The molecular weight excluding hydrogens is 226 g/mol. The number of nitrogens with one attached hydrogen (secondary N) is 1. The Balaban J connectivity index is 0.00000128. The minimum Gasteiger partial charge on any atom is -0.497 e. The topological polar surface area (TPSA) is 38.3 Å². The highest BCUT2D eigenvalue weighted by atomic mass is 35.5. The van der Waals surface area contributed by atoms with Crippen molar-refractivity contribution in [2.45, 2.75) is 18.9 Å². The van der Waals surface area contributed by atoms with E-state index in [4.69, 9.17) is 4.74 Å². The number of carbonyl (C=O) groups excluding carboxylic acids is 1. The number of halogens is 1. The van der Waals surface area contributed by atoms with Gasteiger partial charge in [-0.2, -0.15) is 0 Å². The zero-order valence-electron chi connectivity index (χ0n) is 9.23. The quantitative estimate of drug-likeness (QED) is 0.862. The largest absolute Gasteiger partial charge is 0.497 e. The SMILES string of the molecule is COc1ccc(C2NCCCC2=O)cc1.Cl. The molecule has 1 fully saturated rings. The van der Waals surface area contributed by atoms with Gasteiger partial charge in [0.1, 0.15) is 5.75 Å². The summed E-state index contributed by atoms with van der Waals surface area (Å²) in [7, 11) is 1.64. The van der Waals surface area contributed by atoms with E-state index < -0.39 is 0 Å². The van der Waals surface area contributed by atoms with Crippen LogP contribution in [0.2, 0.25) is 0 Å². The number of ether oxygens (including phenoxy) is 1. The molecule has 1 aromatic rings. The first-order valence-corrected chi connectivity index (χ1v) is 5.21. The molecule has 0 amide bonds. The molecule has 2 rings (SSSR count). The summed E-state index contributed by atoms with van der Waals surface area (Å²) in [5, 5.41) is 3.23. The highest BCUT2D eigenvalue weighted by molar-refractivity contribution is 5.86. The van der Waals surface area contributed by atoms with Crippen LogP contribution < -0.4 is 10.1 Å². The number of carbonyl (C=O) groups is 1. The van der Waals surface area contributed by atoms with Crippen molar-refractivity contribution in [2.75, 3.05) is 13.7 Å². The minimum atomic E-state index is -0.121. The van der Waals surface area contributed by atoms with Gasteiger partial charge in [-0.15, -0.1) is 12.4 Å². The van der Waals surface area contributed by atoms with E-state index in [1.807, 2.05) is 24.3 Å². The summed E-state index contributed by atoms with van der Waals surface area (Å²) in [4.78, 5) is 11.7. The van der Waals surface area contributed by atoms with Crippen LogP contribution in [0.15, 0.2) is 24.3 Å². The molecule has 1 aromatic carbocycles. The summed E-state index contributed by atoms with van der Waals surface area (Å²) in [5.74, 6) is 1.11. The molecule has 0 saturated carbocycles. The first kappa shape index (κ1) is 13.0. The maximum atomic E-state index is 11.7. The van der Waals surface area contributed by atoms with E-state index in [-0.39, 0.29) is 24.2 Å². The fourth-order valence-electron chi connectivity index (χ4n) is 1.87. The molecule has 88 valence electrons. The molecule has 4 heteroatoms. The highest BCUT2D eigenvalue weighted by Crippen LogP contribution is 2.22. The summed E-state index contributed by atoms with van der Waals surface area (Å²) in [6, 6.07) is 7.54. The van der Waals surface area contributed by atoms with Crippen molar-refractivity contribution < 1.29 is 9.53 Å². The molecule has 1 aliphatic rings. The lowest BCUT2D eigenvalue weighted by atomic mass is 9.96. The summed E-state index contributed by atoms with van der Waals surface area (Å²) < 4.78 is 5.08. The molecule has 16 heavy (non-hydrogen) atoms. The van der Waals surface area contributed by atoms with Crippen LogP contribution in [0.25, 0.3) is 0 Å². The minimum absolute atomic E-state index is 0. The number of rotatable bonds is 2. The van der Waals surface area contributed by atoms with Crippen LogP contribution in [0, 0.1) is 0 Å². The predicted molar refractivity (Wildman–Crippen MR) is 65.2 cm³/mol. The van der Waals surface area contributed by atoms with Crippen molar-refractivity contribution in [1.29, 1.82) is 0 Å². The van der Waals surface area contributed by atoms with Crippen LogP contribution in [0.5, 0.6) is 5.75 Å². The molecule has 1 atom stereocenters. The molecular formula is C12H16ClNO2. The molecule has 3 nitrogen and oxygen atoms in total. The molecule has 1 heterocycles. The van der Waals surface area contributed by atoms with E-state index in [2.05, 4.69) is 5.32 Å². The fraction of sp³-hybridized carbons (Fsp3) is 0.417. The van der Waals surface area contributed by atoms with Crippen LogP contribution in [-0.4, -0.2) is 19.4 Å². The van der Waals surface area contributed by atoms with Gasteiger partial charge in [-0.05, 0) is 30.7 Å². The lowest BCUT2D eigenvalue weighted by Gasteiger charge is -2.22. The van der Waals surface area contributed by atoms with Gasteiger partial charge in [0, 0.05) is 6.42 Å². The maximum Gasteiger partial charge on any atom is 0.154 e. The van der Waals surface area contributed by atoms with Gasteiger partial charge >= 0.3 is 0 Å². The van der Waals surface area contributed by atoms with Gasteiger partial charge in [-0.3, -0.25) is 4.79 Å². The number of hydrogen-bond donors (Lipinski definition) is 1. The van der Waals surface area contributed by atoms with Crippen LogP contribution >= 0.6 is 12.4 Å². The average Bonchev–Trinajstić information content (AvgIpc) is 2.30. The molecule has 1 N–H and O–H groups in total. The van der Waals surface area contributed by atoms with Crippen molar-refractivity contribution in [3.05, 3.63) is 29.8 Å². The zero-order chi connectivity index (χ0) is 10.7. The van der Waals surface area contributed by atoms with Gasteiger partial charge in [0.05, 0.1) is 13.2 Å². The van der Waals surface area contributed by atoms with Gasteiger partial charge in [-0.1, -0.05) is 12.1 Å². The monoisotopic (exact) mass is 241 g/mol. The second kappa shape index (κ2) is 5.87. The Hall–Kier alpha value is -1.06. The van der Waals surface area contributed by atoms with Gasteiger partial charge in [0.2, 0.25) is 0 Å². The van der Waals surface area contributed by atoms with Crippen LogP contribution in [0.4, 0.5) is 0 Å². The Kier molecular flexibility index (Phi) is 4.77. The van der Waals surface area contributed by atoms with Gasteiger partial charge in [0.15, 0.2) is 5.78 Å². The predicted octanol–water partition coefficient (Wildman–Crippen LogP) is 2.11. The molecule has 0 aromatic heterocycles. The first-order valence-electron chi connectivity index (χ1n) is 5.21. The van der Waals surface area contributed by atoms with Crippen molar-refractivity contribution in [1.82, 2.24) is 5.32 Å². The second-order valence-electron chi connectivity index (χ2n) is 3.73. The fourth-order valence-corrected chi connectivity index (χ4v) is 1.87. The third-order valence-electron chi connectivity index (χ3n) is 2.72. The van der Waals surface area contributed by atoms with E-state index in [1.165, 1.54) is 0 Å². The number of Topliss-reactive ketones (excluding diaryl/α,β-unsaturated/α-hetero) is 1. The Labute approximate surface area is 102 Å². The number of methoxy groups -OCH3 is 1. The van der Waals surface area contributed by atoms with Crippen molar-refractivity contribution in [3.8, 4) is 5.75 Å². The van der Waals surface area contributed by atoms with Crippen LogP contribution in [0.3, 0.4) is 0 Å². The van der Waals surface area contributed by atoms with Crippen molar-refractivity contribution in [3.63, 3.8) is 0 Å². The molecule has 1 aliphatic heterocycles. The first-order chi connectivity index (χ1) is 7.31. The summed E-state index contributed by atoms with van der Waals surface area (Å²) in [6.45, 7) is 0.919. The Morgan fingerprint density at radius 3 is 2.56 bits per heavy atom. The van der Waals surface area contributed by atoms with Crippen molar-refractivity contribution >= 4 is 18.2 Å². The molecule has 0 bridgehead atoms. The maximum absolute atomic E-state index is 11.7.